The number of hydrogen-bond donors (Lipinski definition) is 0. The van der Waals surface area contributed by atoms with E-state index < -0.39 is 0 Å². The van der Waals surface area contributed by atoms with E-state index in [-0.39, 0.29) is 0 Å². The van der Waals surface area contributed by atoms with Gasteiger partial charge in [-0.15, -0.1) is 0 Å². The van der Waals surface area contributed by atoms with E-state index in [1.54, 1.807) is 39.0 Å². The Bertz CT molecular complexity index is 546. The third kappa shape index (κ3) is 2.47. The van der Waals surface area contributed by atoms with Crippen LogP contribution in [0, 0.1) is 0 Å². The highest BCUT2D eigenvalue weighted by Gasteiger charge is 2.29. The lowest BCUT2D eigenvalue weighted by atomic mass is 9.80. The zero-order valence-corrected chi connectivity index (χ0v) is 14.9. The van der Waals surface area contributed by atoms with Crippen molar-refractivity contribution in [2.24, 2.45) is 0 Å². The first-order valence-corrected chi connectivity index (χ1v) is 9.07. The maximum atomic E-state index is 2.54. The molecule has 1 aliphatic rings. The standard InChI is InChI=1S/C21H32/c1-7-14-13-20-18(11-5)16(9-3)17(10-4)19(12-6)21(20)15(14)8-2/h13,15H,7-12H2,1-6H3. The molecule has 0 saturated carbocycles. The average molecular weight is 284 g/mol. The van der Waals surface area contributed by atoms with Crippen LogP contribution < -0.4 is 0 Å². The first-order chi connectivity index (χ1) is 10.2. The molecule has 0 fully saturated rings. The maximum absolute atomic E-state index is 2.54. The first-order valence-electron chi connectivity index (χ1n) is 9.07. The minimum absolute atomic E-state index is 0.682. The second-order valence-corrected chi connectivity index (χ2v) is 6.19. The van der Waals surface area contributed by atoms with Gasteiger partial charge in [0.15, 0.2) is 0 Å². The van der Waals surface area contributed by atoms with Crippen LogP contribution in [0.4, 0.5) is 0 Å². The van der Waals surface area contributed by atoms with Crippen molar-refractivity contribution in [1.82, 2.24) is 0 Å². The summed E-state index contributed by atoms with van der Waals surface area (Å²) < 4.78 is 0. The molecule has 1 unspecified atom stereocenters. The molecule has 2 rings (SSSR count). The number of hydrogen-bond acceptors (Lipinski definition) is 0. The van der Waals surface area contributed by atoms with Crippen LogP contribution in [0.3, 0.4) is 0 Å². The lowest BCUT2D eigenvalue weighted by Gasteiger charge is -2.25. The number of fused-ring (bicyclic) bond motifs is 1. The lowest BCUT2D eigenvalue weighted by Crippen LogP contribution is -2.11. The fourth-order valence-electron chi connectivity index (χ4n) is 4.52. The lowest BCUT2D eigenvalue weighted by molar-refractivity contribution is 0.733. The van der Waals surface area contributed by atoms with E-state index in [0.717, 1.165) is 0 Å². The van der Waals surface area contributed by atoms with E-state index in [2.05, 4.69) is 47.6 Å². The Morgan fingerprint density at radius 2 is 1.19 bits per heavy atom. The van der Waals surface area contributed by atoms with Crippen LogP contribution in [0.1, 0.15) is 93.7 Å². The monoisotopic (exact) mass is 284 g/mol. The molecule has 21 heavy (non-hydrogen) atoms. The molecule has 0 spiro atoms. The molecule has 0 heteroatoms. The van der Waals surface area contributed by atoms with Gasteiger partial charge in [-0.25, -0.2) is 0 Å². The van der Waals surface area contributed by atoms with Gasteiger partial charge in [-0.2, -0.15) is 0 Å². The van der Waals surface area contributed by atoms with Gasteiger partial charge in [-0.3, -0.25) is 0 Å². The van der Waals surface area contributed by atoms with Crippen molar-refractivity contribution in [3.8, 4) is 0 Å². The van der Waals surface area contributed by atoms with Gasteiger partial charge in [0.25, 0.3) is 0 Å². The quantitative estimate of drug-likeness (QED) is 0.580. The largest absolute Gasteiger partial charge is 0.0645 e. The Balaban J connectivity index is 2.82. The van der Waals surface area contributed by atoms with Crippen LogP contribution in [0.5, 0.6) is 0 Å². The molecule has 0 aromatic heterocycles. The van der Waals surface area contributed by atoms with Crippen molar-refractivity contribution < 1.29 is 0 Å². The summed E-state index contributed by atoms with van der Waals surface area (Å²) in [5.41, 5.74) is 11.6. The zero-order valence-electron chi connectivity index (χ0n) is 14.9. The Kier molecular flexibility index (Phi) is 5.30. The van der Waals surface area contributed by atoms with Crippen LogP contribution in [-0.4, -0.2) is 0 Å². The molecular formula is C21H32. The molecule has 0 bridgehead atoms. The number of allylic oxidation sites excluding steroid dienone is 1. The van der Waals surface area contributed by atoms with Gasteiger partial charge in [0.1, 0.15) is 0 Å². The summed E-state index contributed by atoms with van der Waals surface area (Å²) in [6, 6.07) is 0. The van der Waals surface area contributed by atoms with E-state index >= 15 is 0 Å². The molecule has 0 N–H and O–H groups in total. The summed E-state index contributed by atoms with van der Waals surface area (Å²) in [5.74, 6) is 0.682. The Morgan fingerprint density at radius 3 is 1.62 bits per heavy atom. The van der Waals surface area contributed by atoms with Gasteiger partial charge in [0.2, 0.25) is 0 Å². The molecule has 0 nitrogen and oxygen atoms in total. The Hall–Kier alpha value is -1.04. The summed E-state index contributed by atoms with van der Waals surface area (Å²) in [4.78, 5) is 0. The Labute approximate surface area is 131 Å². The molecule has 0 aliphatic heterocycles. The van der Waals surface area contributed by atoms with Crippen molar-refractivity contribution in [3.05, 3.63) is 39.0 Å². The normalized spacial score (nSPS) is 17.0. The SMILES string of the molecule is CCC1=Cc2c(CC)c(CC)c(CC)c(CC)c2C1CC. The third-order valence-electron chi connectivity index (χ3n) is 5.39. The molecule has 0 radical (unpaired) electrons. The van der Waals surface area contributed by atoms with Crippen molar-refractivity contribution in [1.29, 1.82) is 0 Å². The molecule has 0 heterocycles. The minimum Gasteiger partial charge on any atom is -0.0645 e. The molecule has 1 aromatic rings. The fourth-order valence-corrected chi connectivity index (χ4v) is 4.52. The van der Waals surface area contributed by atoms with Crippen LogP contribution in [-0.2, 0) is 25.7 Å². The predicted octanol–water partition coefficient (Wildman–Crippen LogP) is 6.24. The number of rotatable bonds is 6. The van der Waals surface area contributed by atoms with E-state index in [0.29, 0.717) is 5.92 Å². The highest BCUT2D eigenvalue weighted by molar-refractivity contribution is 5.74. The van der Waals surface area contributed by atoms with Crippen molar-refractivity contribution in [3.63, 3.8) is 0 Å². The predicted molar refractivity (Wildman–Crippen MR) is 95.3 cm³/mol. The molecule has 1 aliphatic carbocycles. The minimum atomic E-state index is 0.682. The van der Waals surface area contributed by atoms with Crippen LogP contribution in [0.25, 0.3) is 6.08 Å². The fraction of sp³-hybridized carbons (Fsp3) is 0.619. The van der Waals surface area contributed by atoms with E-state index in [4.69, 9.17) is 0 Å². The smallest absolute Gasteiger partial charge is 0.00576 e. The van der Waals surface area contributed by atoms with Gasteiger partial charge in [0, 0.05) is 5.92 Å². The summed E-state index contributed by atoms with van der Waals surface area (Å²) in [5, 5.41) is 0. The van der Waals surface area contributed by atoms with Gasteiger partial charge >= 0.3 is 0 Å². The highest BCUT2D eigenvalue weighted by atomic mass is 14.3. The first kappa shape index (κ1) is 16.3. The molecule has 1 aromatic carbocycles. The van der Waals surface area contributed by atoms with Gasteiger partial charge < -0.3 is 0 Å². The van der Waals surface area contributed by atoms with Crippen LogP contribution in [0.2, 0.25) is 0 Å². The topological polar surface area (TPSA) is 0 Å². The number of benzene rings is 1. The molecule has 0 saturated heterocycles. The van der Waals surface area contributed by atoms with Crippen molar-refractivity contribution >= 4 is 6.08 Å². The zero-order chi connectivity index (χ0) is 15.6. The van der Waals surface area contributed by atoms with E-state index in [1.165, 1.54) is 38.5 Å². The maximum Gasteiger partial charge on any atom is 0.00576 e. The van der Waals surface area contributed by atoms with E-state index in [9.17, 15) is 0 Å². The molecule has 0 amide bonds. The second kappa shape index (κ2) is 6.81. The molecule has 1 atom stereocenters. The van der Waals surface area contributed by atoms with Gasteiger partial charge in [0.05, 0.1) is 0 Å². The van der Waals surface area contributed by atoms with Crippen molar-refractivity contribution in [2.75, 3.05) is 0 Å². The second-order valence-electron chi connectivity index (χ2n) is 6.19. The van der Waals surface area contributed by atoms with Gasteiger partial charge in [-0.1, -0.05) is 53.2 Å². The molecule has 116 valence electrons. The summed E-state index contributed by atoms with van der Waals surface area (Å²) in [6.45, 7) is 14.0. The van der Waals surface area contributed by atoms with E-state index in [1.807, 2.05) is 0 Å². The highest BCUT2D eigenvalue weighted by Crippen LogP contribution is 2.46. The summed E-state index contributed by atoms with van der Waals surface area (Å²) in [7, 11) is 0. The summed E-state index contributed by atoms with van der Waals surface area (Å²) >= 11 is 0. The van der Waals surface area contributed by atoms with Gasteiger partial charge in [-0.05, 0) is 71.9 Å². The average Bonchev–Trinajstić information content (AvgIpc) is 2.90. The molecular weight excluding hydrogens is 252 g/mol. The summed E-state index contributed by atoms with van der Waals surface area (Å²) in [6.07, 6.45) is 9.71. The Morgan fingerprint density at radius 1 is 0.667 bits per heavy atom. The van der Waals surface area contributed by atoms with Crippen molar-refractivity contribution in [2.45, 2.75) is 86.0 Å². The third-order valence-corrected chi connectivity index (χ3v) is 5.39. The van der Waals surface area contributed by atoms with Crippen LogP contribution >= 0.6 is 0 Å². The van der Waals surface area contributed by atoms with Crippen LogP contribution in [0.15, 0.2) is 5.57 Å².